The zero-order valence-corrected chi connectivity index (χ0v) is 9.34. The Bertz CT molecular complexity index is 457. The van der Waals surface area contributed by atoms with Crippen LogP contribution in [-0.4, -0.2) is 18.1 Å². The second-order valence-corrected chi connectivity index (χ2v) is 3.34. The Morgan fingerprint density at radius 1 is 1.53 bits per heavy atom. The SMILES string of the molecule is COC(=O)C=Cc1cc(Cl)ncc1C(F)(F)F. The number of carbonyl (C=O) groups excluding carboxylic acids is 1. The van der Waals surface area contributed by atoms with Gasteiger partial charge in [-0.05, 0) is 17.7 Å². The maximum Gasteiger partial charge on any atom is 0.418 e. The molecule has 0 aliphatic carbocycles. The number of carbonyl (C=O) groups is 1. The van der Waals surface area contributed by atoms with Crippen molar-refractivity contribution in [1.82, 2.24) is 4.98 Å². The molecule has 7 heteroatoms. The molecule has 0 aliphatic heterocycles. The molecule has 1 heterocycles. The summed E-state index contributed by atoms with van der Waals surface area (Å²) in [6.45, 7) is 0. The Kier molecular flexibility index (Phi) is 4.11. The van der Waals surface area contributed by atoms with Crippen molar-refractivity contribution in [2.24, 2.45) is 0 Å². The van der Waals surface area contributed by atoms with Crippen LogP contribution in [0, 0.1) is 0 Å². The number of hydrogen-bond acceptors (Lipinski definition) is 3. The fourth-order valence-electron chi connectivity index (χ4n) is 1.04. The average molecular weight is 266 g/mol. The molecule has 0 spiro atoms. The van der Waals surface area contributed by atoms with Crippen molar-refractivity contribution in [3.63, 3.8) is 0 Å². The third-order valence-corrected chi connectivity index (χ3v) is 2.01. The van der Waals surface area contributed by atoms with Gasteiger partial charge in [-0.3, -0.25) is 0 Å². The van der Waals surface area contributed by atoms with Crippen molar-refractivity contribution < 1.29 is 22.7 Å². The van der Waals surface area contributed by atoms with Crippen molar-refractivity contribution in [3.8, 4) is 0 Å². The van der Waals surface area contributed by atoms with E-state index in [-0.39, 0.29) is 10.7 Å². The quantitative estimate of drug-likeness (QED) is 0.469. The van der Waals surface area contributed by atoms with Crippen LogP contribution in [0.3, 0.4) is 0 Å². The maximum atomic E-state index is 12.6. The molecule has 0 saturated heterocycles. The lowest BCUT2D eigenvalue weighted by Crippen LogP contribution is -2.08. The second kappa shape index (κ2) is 5.18. The summed E-state index contributed by atoms with van der Waals surface area (Å²) in [6, 6.07) is 1.02. The summed E-state index contributed by atoms with van der Waals surface area (Å²) in [5.74, 6) is -0.758. The molecule has 0 amide bonds. The van der Waals surface area contributed by atoms with Gasteiger partial charge in [0.25, 0.3) is 0 Å². The molecular weight excluding hydrogens is 259 g/mol. The van der Waals surface area contributed by atoms with Gasteiger partial charge in [-0.25, -0.2) is 9.78 Å². The van der Waals surface area contributed by atoms with Crippen molar-refractivity contribution in [2.75, 3.05) is 7.11 Å². The molecule has 1 aromatic heterocycles. The predicted molar refractivity (Wildman–Crippen MR) is 55.3 cm³/mol. The molecule has 3 nitrogen and oxygen atoms in total. The highest BCUT2D eigenvalue weighted by molar-refractivity contribution is 6.29. The fraction of sp³-hybridized carbons (Fsp3) is 0.200. The number of hydrogen-bond donors (Lipinski definition) is 0. The second-order valence-electron chi connectivity index (χ2n) is 2.95. The van der Waals surface area contributed by atoms with E-state index in [1.807, 2.05) is 0 Å². The zero-order valence-electron chi connectivity index (χ0n) is 8.58. The molecule has 17 heavy (non-hydrogen) atoms. The minimum atomic E-state index is -4.56. The lowest BCUT2D eigenvalue weighted by atomic mass is 10.1. The minimum absolute atomic E-state index is 0.0949. The van der Waals surface area contributed by atoms with Gasteiger partial charge in [0.2, 0.25) is 0 Å². The first-order chi connectivity index (χ1) is 7.84. The monoisotopic (exact) mass is 265 g/mol. The number of pyridine rings is 1. The molecule has 0 unspecified atom stereocenters. The molecule has 1 rings (SSSR count). The van der Waals surface area contributed by atoms with Gasteiger partial charge in [0.1, 0.15) is 5.15 Å². The first-order valence-corrected chi connectivity index (χ1v) is 4.71. The molecule has 0 N–H and O–H groups in total. The number of halogens is 4. The van der Waals surface area contributed by atoms with E-state index >= 15 is 0 Å². The van der Waals surface area contributed by atoms with Gasteiger partial charge in [-0.15, -0.1) is 0 Å². The summed E-state index contributed by atoms with van der Waals surface area (Å²) in [6.07, 6.45) is -2.10. The molecule has 0 aromatic carbocycles. The van der Waals surface area contributed by atoms with E-state index in [9.17, 15) is 18.0 Å². The minimum Gasteiger partial charge on any atom is -0.466 e. The Labute approximate surface area is 99.9 Å². The normalized spacial score (nSPS) is 11.8. The van der Waals surface area contributed by atoms with Crippen LogP contribution in [0.25, 0.3) is 6.08 Å². The van der Waals surface area contributed by atoms with Crippen LogP contribution in [0.5, 0.6) is 0 Å². The molecule has 0 aliphatic rings. The molecule has 0 bridgehead atoms. The van der Waals surface area contributed by atoms with Gasteiger partial charge >= 0.3 is 12.1 Å². The van der Waals surface area contributed by atoms with Gasteiger partial charge in [0.05, 0.1) is 12.7 Å². The Hall–Kier alpha value is -1.56. The Morgan fingerprint density at radius 3 is 2.71 bits per heavy atom. The van der Waals surface area contributed by atoms with Crippen LogP contribution in [0.2, 0.25) is 5.15 Å². The van der Waals surface area contributed by atoms with Crippen LogP contribution >= 0.6 is 11.6 Å². The summed E-state index contributed by atoms with van der Waals surface area (Å²) in [5.41, 5.74) is -1.22. The van der Waals surface area contributed by atoms with E-state index in [1.54, 1.807) is 0 Å². The number of alkyl halides is 3. The van der Waals surface area contributed by atoms with E-state index in [2.05, 4.69) is 9.72 Å². The average Bonchev–Trinajstić information content (AvgIpc) is 2.24. The van der Waals surface area contributed by atoms with Crippen LogP contribution < -0.4 is 0 Å². The molecule has 0 fully saturated rings. The topological polar surface area (TPSA) is 39.2 Å². The van der Waals surface area contributed by atoms with E-state index in [0.717, 1.165) is 25.3 Å². The van der Waals surface area contributed by atoms with Gasteiger partial charge < -0.3 is 4.74 Å². The number of ether oxygens (including phenoxy) is 1. The predicted octanol–water partition coefficient (Wildman–Crippen LogP) is 2.94. The largest absolute Gasteiger partial charge is 0.466 e. The summed E-state index contributed by atoms with van der Waals surface area (Å²) in [7, 11) is 1.12. The lowest BCUT2D eigenvalue weighted by molar-refractivity contribution is -0.138. The zero-order chi connectivity index (χ0) is 13.1. The number of nitrogens with zero attached hydrogens (tertiary/aromatic N) is 1. The third-order valence-electron chi connectivity index (χ3n) is 1.81. The molecule has 0 radical (unpaired) electrons. The number of esters is 1. The van der Waals surface area contributed by atoms with Crippen molar-refractivity contribution >= 4 is 23.6 Å². The summed E-state index contributed by atoms with van der Waals surface area (Å²) in [5, 5.41) is -0.0949. The number of aromatic nitrogens is 1. The van der Waals surface area contributed by atoms with E-state index < -0.39 is 17.7 Å². The van der Waals surface area contributed by atoms with E-state index in [4.69, 9.17) is 11.6 Å². The maximum absolute atomic E-state index is 12.6. The van der Waals surface area contributed by atoms with Crippen molar-refractivity contribution in [3.05, 3.63) is 34.6 Å². The molecular formula is C10H7ClF3NO2. The van der Waals surface area contributed by atoms with E-state index in [1.165, 1.54) is 0 Å². The molecule has 92 valence electrons. The summed E-state index contributed by atoms with van der Waals surface area (Å²) >= 11 is 5.49. The fourth-order valence-corrected chi connectivity index (χ4v) is 1.21. The first kappa shape index (κ1) is 13.5. The van der Waals surface area contributed by atoms with Crippen molar-refractivity contribution in [2.45, 2.75) is 6.18 Å². The lowest BCUT2D eigenvalue weighted by Gasteiger charge is -2.09. The highest BCUT2D eigenvalue weighted by atomic mass is 35.5. The smallest absolute Gasteiger partial charge is 0.418 e. The highest BCUT2D eigenvalue weighted by Gasteiger charge is 2.33. The molecule has 0 atom stereocenters. The molecule has 0 saturated carbocycles. The van der Waals surface area contributed by atoms with Crippen LogP contribution in [-0.2, 0) is 15.7 Å². The third kappa shape index (κ3) is 3.74. The van der Waals surface area contributed by atoms with E-state index in [0.29, 0.717) is 6.20 Å². The number of rotatable bonds is 2. The van der Waals surface area contributed by atoms with Crippen LogP contribution in [0.15, 0.2) is 18.3 Å². The highest BCUT2D eigenvalue weighted by Crippen LogP contribution is 2.32. The number of methoxy groups -OCH3 is 1. The van der Waals surface area contributed by atoms with Gasteiger partial charge in [-0.2, -0.15) is 13.2 Å². The molecule has 1 aromatic rings. The summed E-state index contributed by atoms with van der Waals surface area (Å²) in [4.78, 5) is 14.1. The van der Waals surface area contributed by atoms with Crippen LogP contribution in [0.4, 0.5) is 13.2 Å². The van der Waals surface area contributed by atoms with Gasteiger partial charge in [0.15, 0.2) is 0 Å². The standard InChI is InChI=1S/C10H7ClF3NO2/c1-17-9(16)3-2-6-4-8(11)15-5-7(6)10(12,13)14/h2-5H,1H3. The Morgan fingerprint density at radius 2 is 2.18 bits per heavy atom. The van der Waals surface area contributed by atoms with Crippen LogP contribution in [0.1, 0.15) is 11.1 Å². The summed E-state index contributed by atoms with van der Waals surface area (Å²) < 4.78 is 41.9. The van der Waals surface area contributed by atoms with Crippen molar-refractivity contribution in [1.29, 1.82) is 0 Å². The first-order valence-electron chi connectivity index (χ1n) is 4.33. The Balaban J connectivity index is 3.17. The van der Waals surface area contributed by atoms with Gasteiger partial charge in [-0.1, -0.05) is 11.6 Å². The van der Waals surface area contributed by atoms with Gasteiger partial charge in [0, 0.05) is 12.3 Å².